The molecule has 1 saturated carbocycles. The Balaban J connectivity index is 1.93. The van der Waals surface area contributed by atoms with Crippen LogP contribution in [0, 0.1) is 17.6 Å². The zero-order valence-corrected chi connectivity index (χ0v) is 9.83. The zero-order valence-electron chi connectivity index (χ0n) is 9.83. The first-order valence-electron chi connectivity index (χ1n) is 5.97. The predicted octanol–water partition coefficient (Wildman–Crippen LogP) is 1.86. The molecule has 1 aliphatic rings. The maximum Gasteiger partial charge on any atom is 0.254 e. The van der Waals surface area contributed by atoms with Crippen molar-refractivity contribution in [3.05, 3.63) is 35.4 Å². The summed E-state index contributed by atoms with van der Waals surface area (Å²) >= 11 is 0. The van der Waals surface area contributed by atoms with Gasteiger partial charge in [0.05, 0.1) is 11.7 Å². The minimum absolute atomic E-state index is 0.209. The van der Waals surface area contributed by atoms with Gasteiger partial charge in [0.1, 0.15) is 11.6 Å². The number of carbonyl (C=O) groups is 1. The predicted molar refractivity (Wildman–Crippen MR) is 62.0 cm³/mol. The number of aliphatic hydroxyl groups excluding tert-OH is 1. The fraction of sp³-hybridized carbons (Fsp3) is 0.462. The Morgan fingerprint density at radius 2 is 2.17 bits per heavy atom. The number of nitrogens with one attached hydrogen (secondary N) is 1. The Morgan fingerprint density at radius 3 is 2.83 bits per heavy atom. The molecule has 1 aromatic rings. The molecule has 3 nitrogen and oxygen atoms in total. The van der Waals surface area contributed by atoms with Gasteiger partial charge in [0.25, 0.3) is 5.91 Å². The maximum absolute atomic E-state index is 13.3. The van der Waals surface area contributed by atoms with E-state index in [0.717, 1.165) is 31.0 Å². The molecule has 0 saturated heterocycles. The molecule has 0 heterocycles. The van der Waals surface area contributed by atoms with Crippen molar-refractivity contribution in [1.29, 1.82) is 0 Å². The van der Waals surface area contributed by atoms with E-state index in [0.29, 0.717) is 13.0 Å². The van der Waals surface area contributed by atoms with Gasteiger partial charge in [-0.15, -0.1) is 0 Å². The number of hydrogen-bond donors (Lipinski definition) is 2. The van der Waals surface area contributed by atoms with Gasteiger partial charge in [-0.3, -0.25) is 4.79 Å². The molecule has 0 bridgehead atoms. The first kappa shape index (κ1) is 13.0. The monoisotopic (exact) mass is 255 g/mol. The van der Waals surface area contributed by atoms with Gasteiger partial charge in [0.15, 0.2) is 0 Å². The van der Waals surface area contributed by atoms with Crippen LogP contribution < -0.4 is 5.32 Å². The Labute approximate surface area is 104 Å². The molecule has 2 atom stereocenters. The SMILES string of the molecule is O=C(NCC1CCC(O)C1)c1cc(F)ccc1F. The van der Waals surface area contributed by atoms with Crippen LogP contribution in [0.1, 0.15) is 29.6 Å². The first-order valence-corrected chi connectivity index (χ1v) is 5.97. The fourth-order valence-corrected chi connectivity index (χ4v) is 2.24. The van der Waals surface area contributed by atoms with Crippen molar-refractivity contribution in [2.75, 3.05) is 6.54 Å². The Kier molecular flexibility index (Phi) is 3.91. The minimum Gasteiger partial charge on any atom is -0.393 e. The van der Waals surface area contributed by atoms with E-state index in [1.54, 1.807) is 0 Å². The molecular weight excluding hydrogens is 240 g/mol. The lowest BCUT2D eigenvalue weighted by Gasteiger charge is -2.11. The summed E-state index contributed by atoms with van der Waals surface area (Å²) in [6.07, 6.45) is 1.91. The molecule has 5 heteroatoms. The van der Waals surface area contributed by atoms with Crippen molar-refractivity contribution < 1.29 is 18.7 Å². The number of rotatable bonds is 3. The van der Waals surface area contributed by atoms with Crippen LogP contribution in [0.2, 0.25) is 0 Å². The molecule has 1 aliphatic carbocycles. The number of halogens is 2. The van der Waals surface area contributed by atoms with Crippen molar-refractivity contribution in [2.45, 2.75) is 25.4 Å². The van der Waals surface area contributed by atoms with Crippen molar-refractivity contribution in [3.63, 3.8) is 0 Å². The van der Waals surface area contributed by atoms with E-state index in [9.17, 15) is 18.7 Å². The molecular formula is C13H15F2NO2. The molecule has 0 aromatic heterocycles. The quantitative estimate of drug-likeness (QED) is 0.866. The summed E-state index contributed by atoms with van der Waals surface area (Å²) in [7, 11) is 0. The lowest BCUT2D eigenvalue weighted by molar-refractivity contribution is 0.0940. The molecule has 1 fully saturated rings. The summed E-state index contributed by atoms with van der Waals surface area (Å²) in [5, 5.41) is 11.9. The van der Waals surface area contributed by atoms with Gasteiger partial charge in [-0.1, -0.05) is 0 Å². The average molecular weight is 255 g/mol. The second-order valence-electron chi connectivity index (χ2n) is 4.67. The average Bonchev–Trinajstić information content (AvgIpc) is 2.75. The molecule has 2 rings (SSSR count). The fourth-order valence-electron chi connectivity index (χ4n) is 2.24. The van der Waals surface area contributed by atoms with Crippen LogP contribution in [0.25, 0.3) is 0 Å². The van der Waals surface area contributed by atoms with Gasteiger partial charge in [-0.25, -0.2) is 8.78 Å². The van der Waals surface area contributed by atoms with Crippen LogP contribution in [0.15, 0.2) is 18.2 Å². The topological polar surface area (TPSA) is 49.3 Å². The first-order chi connectivity index (χ1) is 8.56. The van der Waals surface area contributed by atoms with E-state index >= 15 is 0 Å². The molecule has 2 unspecified atom stereocenters. The van der Waals surface area contributed by atoms with E-state index < -0.39 is 17.5 Å². The molecule has 2 N–H and O–H groups in total. The van der Waals surface area contributed by atoms with Crippen molar-refractivity contribution in [2.24, 2.45) is 5.92 Å². The van der Waals surface area contributed by atoms with Crippen LogP contribution in [-0.2, 0) is 0 Å². The summed E-state index contributed by atoms with van der Waals surface area (Å²) in [6.45, 7) is 0.381. The number of aliphatic hydroxyl groups is 1. The lowest BCUT2D eigenvalue weighted by atomic mass is 10.1. The van der Waals surface area contributed by atoms with Crippen molar-refractivity contribution in [3.8, 4) is 0 Å². The van der Waals surface area contributed by atoms with E-state index in [1.807, 2.05) is 0 Å². The van der Waals surface area contributed by atoms with Crippen molar-refractivity contribution >= 4 is 5.91 Å². The highest BCUT2D eigenvalue weighted by Crippen LogP contribution is 2.24. The molecule has 98 valence electrons. The van der Waals surface area contributed by atoms with E-state index in [1.165, 1.54) is 0 Å². The highest BCUT2D eigenvalue weighted by atomic mass is 19.1. The van der Waals surface area contributed by atoms with Crippen LogP contribution in [-0.4, -0.2) is 23.7 Å². The third-order valence-corrected chi connectivity index (χ3v) is 3.24. The molecule has 0 spiro atoms. The summed E-state index contributed by atoms with van der Waals surface area (Å²) in [5.74, 6) is -1.79. The Bertz CT molecular complexity index is 451. The Hall–Kier alpha value is -1.49. The van der Waals surface area contributed by atoms with Gasteiger partial charge in [-0.05, 0) is 43.4 Å². The number of hydrogen-bond acceptors (Lipinski definition) is 2. The second-order valence-corrected chi connectivity index (χ2v) is 4.67. The maximum atomic E-state index is 13.3. The van der Waals surface area contributed by atoms with E-state index in [4.69, 9.17) is 0 Å². The minimum atomic E-state index is -0.736. The molecule has 1 aromatic carbocycles. The summed E-state index contributed by atoms with van der Waals surface area (Å²) in [4.78, 5) is 11.7. The summed E-state index contributed by atoms with van der Waals surface area (Å²) in [5.41, 5.74) is -0.284. The molecule has 0 aliphatic heterocycles. The third kappa shape index (κ3) is 3.04. The largest absolute Gasteiger partial charge is 0.393 e. The third-order valence-electron chi connectivity index (χ3n) is 3.24. The van der Waals surface area contributed by atoms with Gasteiger partial charge in [0, 0.05) is 6.54 Å². The van der Waals surface area contributed by atoms with Gasteiger partial charge < -0.3 is 10.4 Å². The molecule has 1 amide bonds. The Morgan fingerprint density at radius 1 is 1.39 bits per heavy atom. The van der Waals surface area contributed by atoms with Crippen LogP contribution in [0.4, 0.5) is 8.78 Å². The van der Waals surface area contributed by atoms with E-state index in [2.05, 4.69) is 5.32 Å². The highest BCUT2D eigenvalue weighted by molar-refractivity contribution is 5.94. The highest BCUT2D eigenvalue weighted by Gasteiger charge is 2.23. The zero-order chi connectivity index (χ0) is 13.1. The summed E-state index contributed by atoms with van der Waals surface area (Å²) < 4.78 is 26.2. The van der Waals surface area contributed by atoms with Gasteiger partial charge in [0.2, 0.25) is 0 Å². The van der Waals surface area contributed by atoms with Gasteiger partial charge in [-0.2, -0.15) is 0 Å². The molecule has 18 heavy (non-hydrogen) atoms. The van der Waals surface area contributed by atoms with Crippen molar-refractivity contribution in [1.82, 2.24) is 5.32 Å². The smallest absolute Gasteiger partial charge is 0.254 e. The number of carbonyl (C=O) groups excluding carboxylic acids is 1. The van der Waals surface area contributed by atoms with Crippen LogP contribution in [0.5, 0.6) is 0 Å². The second kappa shape index (κ2) is 5.44. The molecule has 0 radical (unpaired) electrons. The lowest BCUT2D eigenvalue weighted by Crippen LogP contribution is -2.29. The van der Waals surface area contributed by atoms with E-state index in [-0.39, 0.29) is 17.6 Å². The van der Waals surface area contributed by atoms with Crippen LogP contribution in [0.3, 0.4) is 0 Å². The number of benzene rings is 1. The van der Waals surface area contributed by atoms with Crippen LogP contribution >= 0.6 is 0 Å². The summed E-state index contributed by atoms with van der Waals surface area (Å²) in [6, 6.07) is 2.79. The van der Waals surface area contributed by atoms with Gasteiger partial charge >= 0.3 is 0 Å². The standard InChI is InChI=1S/C13H15F2NO2/c14-9-2-4-12(15)11(6-9)13(18)16-7-8-1-3-10(17)5-8/h2,4,6,8,10,17H,1,3,5,7H2,(H,16,18). The number of amides is 1. The normalized spacial score (nSPS) is 23.1.